The second-order valence-corrected chi connectivity index (χ2v) is 26.3. The number of hydrogen-bond acceptors (Lipinski definition) is 16. The van der Waals surface area contributed by atoms with E-state index in [1.165, 1.54) is 28.7 Å². The SMILES string of the molecule is C=CC(=O)Nc1sc2c(c1-c1nc3ccc(Br)cc3s1)CC(C)N(C(=O)OC(C)(C)C)C2C.COCCN.COCCNCCC(=O)Nc1sc2c(c1-c1nc3ccc(Br)cc3s1)CC(C)N(C(=O)OC(C)(C)C)C2C. The molecule has 22 heteroatoms. The van der Waals surface area contributed by atoms with Gasteiger partial charge in [-0.2, -0.15) is 0 Å². The van der Waals surface area contributed by atoms with Crippen molar-refractivity contribution in [3.63, 3.8) is 0 Å². The summed E-state index contributed by atoms with van der Waals surface area (Å²) in [4.78, 5) is 66.8. The van der Waals surface area contributed by atoms with Gasteiger partial charge in [-0.05, 0) is 136 Å². The molecular weight excluding hydrogens is 1180 g/mol. The standard InChI is InChI=1S/C27H35BrN4O4S2.C24H26BrN3O3S2.C3H9NO/c1-15-13-18-22(24-30-19-8-7-17(28)14-20(19)37-24)25(31-21(33)9-10-29-11-12-35-6)38-23(18)16(2)32(15)26(34)36-27(3,4)5;1-7-18(29)27-22-19(21-26-16-9-8-14(25)11-17(16)32-21)15-10-12(2)28(13(3)20(15)33-22)23(30)31-24(4,5)6;1-5-3-2-4/h7-8,14-16,29H,9-13H2,1-6H3,(H,31,33);7-9,11-13H,1,10H2,2-6H3,(H,27,29);2-4H2,1H3. The van der Waals surface area contributed by atoms with Crippen molar-refractivity contribution < 1.29 is 38.1 Å². The number of thiazole rings is 2. The van der Waals surface area contributed by atoms with Gasteiger partial charge in [0.15, 0.2) is 0 Å². The Balaban J connectivity index is 0.000000228. The predicted octanol–water partition coefficient (Wildman–Crippen LogP) is 13.3. The van der Waals surface area contributed by atoms with Gasteiger partial charge in [0.2, 0.25) is 11.8 Å². The number of ether oxygens (including phenoxy) is 4. The smallest absolute Gasteiger partial charge is 0.411 e. The molecule has 76 heavy (non-hydrogen) atoms. The van der Waals surface area contributed by atoms with Crippen LogP contribution in [0.5, 0.6) is 0 Å². The van der Waals surface area contributed by atoms with E-state index in [0.717, 1.165) is 81.4 Å². The van der Waals surface area contributed by atoms with Crippen LogP contribution < -0.4 is 21.7 Å². The van der Waals surface area contributed by atoms with E-state index in [1.807, 2.05) is 104 Å². The number of nitrogens with one attached hydrogen (secondary N) is 3. The molecule has 2 aliphatic heterocycles. The second kappa shape index (κ2) is 26.5. The van der Waals surface area contributed by atoms with Gasteiger partial charge in [0, 0.05) is 82.2 Å². The van der Waals surface area contributed by atoms with Crippen LogP contribution in [0.15, 0.2) is 58.0 Å². The molecule has 8 rings (SSSR count). The van der Waals surface area contributed by atoms with E-state index in [-0.39, 0.29) is 48.2 Å². The molecule has 0 spiro atoms. The summed E-state index contributed by atoms with van der Waals surface area (Å²) in [7, 11) is 3.29. The molecule has 0 saturated heterocycles. The number of nitrogens with two attached hydrogens (primary N) is 1. The van der Waals surface area contributed by atoms with Crippen LogP contribution in [0.4, 0.5) is 19.6 Å². The molecule has 5 N–H and O–H groups in total. The summed E-state index contributed by atoms with van der Waals surface area (Å²) in [5, 5.41) is 12.6. The second-order valence-electron chi connectivity index (χ2n) is 20.3. The fourth-order valence-corrected chi connectivity index (χ4v) is 14.7. The minimum absolute atomic E-state index is 0.0664. The molecule has 0 bridgehead atoms. The number of aromatic nitrogens is 2. The fraction of sp³-hybridized carbons (Fsp3) is 0.481. The van der Waals surface area contributed by atoms with Crippen LogP contribution in [0.3, 0.4) is 0 Å². The van der Waals surface area contributed by atoms with E-state index in [2.05, 4.69) is 65.2 Å². The highest BCUT2D eigenvalue weighted by atomic mass is 79.9. The third-order valence-corrected chi connectivity index (χ3v) is 17.7. The first-order valence-corrected chi connectivity index (χ1v) is 29.8. The van der Waals surface area contributed by atoms with Crippen LogP contribution in [0.2, 0.25) is 0 Å². The minimum atomic E-state index is -0.580. The number of carbonyl (C=O) groups is 4. The van der Waals surface area contributed by atoms with E-state index in [9.17, 15) is 19.2 Å². The van der Waals surface area contributed by atoms with E-state index in [4.69, 9.17) is 29.9 Å². The van der Waals surface area contributed by atoms with Crippen LogP contribution in [-0.4, -0.2) is 114 Å². The monoisotopic (exact) mass is 1240 g/mol. The molecule has 6 aromatic rings. The zero-order valence-corrected chi connectivity index (χ0v) is 51.7. The summed E-state index contributed by atoms with van der Waals surface area (Å²) in [5.74, 6) is -0.341. The van der Waals surface area contributed by atoms with E-state index in [0.29, 0.717) is 52.1 Å². The number of nitrogens with zero attached hydrogens (tertiary/aromatic N) is 4. The van der Waals surface area contributed by atoms with Gasteiger partial charge >= 0.3 is 12.2 Å². The summed E-state index contributed by atoms with van der Waals surface area (Å²) in [6, 6.07) is 11.5. The number of halogens is 2. The van der Waals surface area contributed by atoms with Crippen molar-refractivity contribution in [2.24, 2.45) is 5.73 Å². The van der Waals surface area contributed by atoms with Gasteiger partial charge in [-0.1, -0.05) is 38.4 Å². The van der Waals surface area contributed by atoms with Crippen LogP contribution in [0.1, 0.15) is 109 Å². The maximum absolute atomic E-state index is 13.1. The molecule has 6 heterocycles. The maximum Gasteiger partial charge on any atom is 0.411 e. The lowest BCUT2D eigenvalue weighted by molar-refractivity contribution is -0.116. The number of amides is 4. The van der Waals surface area contributed by atoms with Crippen molar-refractivity contribution in [2.75, 3.05) is 57.7 Å². The number of rotatable bonds is 13. The molecule has 2 aromatic carbocycles. The van der Waals surface area contributed by atoms with Gasteiger partial charge in [-0.25, -0.2) is 19.6 Å². The van der Waals surface area contributed by atoms with Crippen molar-refractivity contribution in [1.29, 1.82) is 0 Å². The van der Waals surface area contributed by atoms with Crippen molar-refractivity contribution in [3.8, 4) is 21.1 Å². The summed E-state index contributed by atoms with van der Waals surface area (Å²) < 4.78 is 25.2. The van der Waals surface area contributed by atoms with Crippen molar-refractivity contribution in [3.05, 3.63) is 78.9 Å². The van der Waals surface area contributed by atoms with Gasteiger partial charge in [0.1, 0.15) is 31.2 Å². The molecule has 4 atom stereocenters. The van der Waals surface area contributed by atoms with E-state index < -0.39 is 11.2 Å². The first kappa shape index (κ1) is 60.9. The third-order valence-electron chi connectivity index (χ3n) is 12.0. The molecular formula is C54H70Br2N8O8S4. The lowest BCUT2D eigenvalue weighted by Crippen LogP contribution is -2.46. The predicted molar refractivity (Wildman–Crippen MR) is 318 cm³/mol. The van der Waals surface area contributed by atoms with Gasteiger partial charge in [0.05, 0.1) is 45.7 Å². The summed E-state index contributed by atoms with van der Waals surface area (Å²) in [6.07, 6.45) is 2.25. The lowest BCUT2D eigenvalue weighted by Gasteiger charge is -2.39. The number of benzene rings is 2. The van der Waals surface area contributed by atoms with Crippen molar-refractivity contribution >= 4 is 132 Å². The number of hydrogen-bond donors (Lipinski definition) is 4. The molecule has 4 unspecified atom stereocenters. The molecule has 2 aliphatic rings. The fourth-order valence-electron chi connectivity index (χ4n) is 8.77. The van der Waals surface area contributed by atoms with Crippen LogP contribution in [0, 0.1) is 0 Å². The Morgan fingerprint density at radius 1 is 0.711 bits per heavy atom. The van der Waals surface area contributed by atoms with Crippen LogP contribution >= 0.6 is 77.2 Å². The van der Waals surface area contributed by atoms with E-state index >= 15 is 0 Å². The summed E-state index contributed by atoms with van der Waals surface area (Å²) >= 11 is 13.3. The Kier molecular flexibility index (Phi) is 21.2. The van der Waals surface area contributed by atoms with Crippen molar-refractivity contribution in [2.45, 2.75) is 124 Å². The van der Waals surface area contributed by atoms with Gasteiger partial charge in [-0.15, -0.1) is 45.3 Å². The highest BCUT2D eigenvalue weighted by Gasteiger charge is 2.41. The zero-order chi connectivity index (χ0) is 55.8. The van der Waals surface area contributed by atoms with Gasteiger partial charge in [0.25, 0.3) is 0 Å². The van der Waals surface area contributed by atoms with Crippen LogP contribution in [-0.2, 0) is 41.4 Å². The van der Waals surface area contributed by atoms with Gasteiger partial charge < -0.3 is 40.6 Å². The molecule has 0 fully saturated rings. The quantitative estimate of drug-likeness (QED) is 0.0631. The number of methoxy groups -OCH3 is 2. The first-order chi connectivity index (χ1) is 35.9. The van der Waals surface area contributed by atoms with Crippen LogP contribution in [0.25, 0.3) is 41.6 Å². The number of carbonyl (C=O) groups excluding carboxylic acids is 4. The Labute approximate surface area is 478 Å². The van der Waals surface area contributed by atoms with E-state index in [1.54, 1.807) is 41.8 Å². The average Bonchev–Trinajstić information content (AvgIpc) is 4.11. The molecule has 0 aliphatic carbocycles. The largest absolute Gasteiger partial charge is 0.444 e. The molecule has 4 amide bonds. The lowest BCUT2D eigenvalue weighted by atomic mass is 9.93. The zero-order valence-electron chi connectivity index (χ0n) is 45.2. The third kappa shape index (κ3) is 15.3. The highest BCUT2D eigenvalue weighted by Crippen LogP contribution is 2.52. The number of anilines is 2. The first-order valence-electron chi connectivity index (χ1n) is 25.0. The molecule has 0 radical (unpaired) electrons. The normalized spacial score (nSPS) is 17.2. The Morgan fingerprint density at radius 3 is 1.55 bits per heavy atom. The van der Waals surface area contributed by atoms with Gasteiger partial charge in [-0.3, -0.25) is 19.4 Å². The number of thiophene rings is 2. The average molecular weight is 1250 g/mol. The summed E-state index contributed by atoms with van der Waals surface area (Å²) in [5.41, 5.74) is 9.85. The molecule has 0 saturated carbocycles. The van der Waals surface area contributed by atoms with Crippen molar-refractivity contribution in [1.82, 2.24) is 25.1 Å². The molecule has 4 aromatic heterocycles. The molecule has 16 nitrogen and oxygen atoms in total. The maximum atomic E-state index is 13.1. The molecule has 412 valence electrons. The Hall–Kier alpha value is -4.36. The minimum Gasteiger partial charge on any atom is -0.444 e. The number of fused-ring (bicyclic) bond motifs is 4. The Bertz CT molecular complexity index is 3030. The summed E-state index contributed by atoms with van der Waals surface area (Å²) in [6.45, 7) is 26.1. The Morgan fingerprint density at radius 2 is 1.16 bits per heavy atom. The topological polar surface area (TPSA) is 200 Å². The highest BCUT2D eigenvalue weighted by molar-refractivity contribution is 9.10.